The highest BCUT2D eigenvalue weighted by molar-refractivity contribution is 5.99. The molecule has 2 aliphatic rings. The maximum Gasteiger partial charge on any atom is 0.280 e. The number of hydrogen-bond acceptors (Lipinski definition) is 5. The van der Waals surface area contributed by atoms with E-state index in [1.165, 1.54) is 13.0 Å². The van der Waals surface area contributed by atoms with Crippen LogP contribution in [0.25, 0.3) is 0 Å². The van der Waals surface area contributed by atoms with E-state index in [2.05, 4.69) is 4.90 Å². The number of fused-ring (bicyclic) bond motifs is 2. The van der Waals surface area contributed by atoms with E-state index in [9.17, 15) is 14.9 Å². The van der Waals surface area contributed by atoms with Gasteiger partial charge >= 0.3 is 0 Å². The van der Waals surface area contributed by atoms with E-state index < -0.39 is 4.92 Å². The highest BCUT2D eigenvalue weighted by Gasteiger charge is 2.34. The van der Waals surface area contributed by atoms with Gasteiger partial charge in [-0.15, -0.1) is 0 Å². The average Bonchev–Trinajstić information content (AvgIpc) is 2.76. The van der Waals surface area contributed by atoms with Gasteiger partial charge in [-0.1, -0.05) is 0 Å². The van der Waals surface area contributed by atoms with Crippen LogP contribution in [0.2, 0.25) is 0 Å². The lowest BCUT2D eigenvalue weighted by atomic mass is 10.1. The van der Waals surface area contributed by atoms with Crippen molar-refractivity contribution >= 4 is 17.2 Å². The molecule has 0 aromatic heterocycles. The van der Waals surface area contributed by atoms with Crippen LogP contribution in [0.5, 0.6) is 0 Å². The van der Waals surface area contributed by atoms with E-state index >= 15 is 0 Å². The van der Waals surface area contributed by atoms with Gasteiger partial charge in [0.05, 0.1) is 22.7 Å². The highest BCUT2D eigenvalue weighted by Crippen LogP contribution is 2.32. The number of Topliss-reactive ketones (excluding diaryl/α,β-unsaturated/α-hetero) is 1. The van der Waals surface area contributed by atoms with E-state index in [0.29, 0.717) is 0 Å². The van der Waals surface area contributed by atoms with Crippen molar-refractivity contribution < 1.29 is 14.5 Å². The Hall–Kier alpha value is -1.95. The number of morpholine rings is 1. The molecule has 0 amide bonds. The molecule has 0 N–H and O–H groups in total. The lowest BCUT2D eigenvalue weighted by Gasteiger charge is -2.34. The maximum atomic E-state index is 11.6. The molecule has 2 unspecified atom stereocenters. The maximum absolute atomic E-state index is 11.6. The van der Waals surface area contributed by atoms with Crippen LogP contribution in [0.1, 0.15) is 30.1 Å². The Balaban J connectivity index is 1.92. The van der Waals surface area contributed by atoms with Crippen LogP contribution in [0.15, 0.2) is 18.2 Å². The summed E-state index contributed by atoms with van der Waals surface area (Å²) in [6.07, 6.45) is 2.61. The zero-order valence-corrected chi connectivity index (χ0v) is 11.2. The SMILES string of the molecule is CC(=O)c1cc(N2CC3CCC(C2)O3)ccc1[N+](=O)[O-]. The molecule has 0 spiro atoms. The van der Waals surface area contributed by atoms with Gasteiger partial charge in [-0.05, 0) is 31.9 Å². The van der Waals surface area contributed by atoms with Crippen molar-refractivity contribution in [1.29, 1.82) is 0 Å². The Morgan fingerprint density at radius 3 is 2.55 bits per heavy atom. The smallest absolute Gasteiger partial charge is 0.280 e. The van der Waals surface area contributed by atoms with Gasteiger partial charge in [0.25, 0.3) is 5.69 Å². The number of rotatable bonds is 3. The third-order valence-corrected chi connectivity index (χ3v) is 3.96. The first-order valence-electron chi connectivity index (χ1n) is 6.74. The molecule has 106 valence electrons. The molecule has 6 nitrogen and oxygen atoms in total. The Morgan fingerprint density at radius 1 is 1.35 bits per heavy atom. The summed E-state index contributed by atoms with van der Waals surface area (Å²) in [6, 6.07) is 4.77. The molecule has 6 heteroatoms. The summed E-state index contributed by atoms with van der Waals surface area (Å²) in [7, 11) is 0. The third kappa shape index (κ3) is 2.27. The number of nitrogens with zero attached hydrogens (tertiary/aromatic N) is 2. The molecule has 1 aromatic rings. The van der Waals surface area contributed by atoms with Gasteiger partial charge in [-0.2, -0.15) is 0 Å². The molecule has 2 saturated heterocycles. The number of nitro groups is 1. The van der Waals surface area contributed by atoms with Crippen LogP contribution in [0, 0.1) is 10.1 Å². The summed E-state index contributed by atoms with van der Waals surface area (Å²) in [5.74, 6) is -0.283. The number of anilines is 1. The molecule has 0 radical (unpaired) electrons. The van der Waals surface area contributed by atoms with Gasteiger partial charge in [0.2, 0.25) is 0 Å². The molecule has 0 aliphatic carbocycles. The summed E-state index contributed by atoms with van der Waals surface area (Å²) in [5, 5.41) is 10.9. The van der Waals surface area contributed by atoms with Gasteiger partial charge in [0.15, 0.2) is 5.78 Å². The molecule has 2 heterocycles. The molecular weight excluding hydrogens is 260 g/mol. The van der Waals surface area contributed by atoms with Crippen molar-refractivity contribution in [3.05, 3.63) is 33.9 Å². The van der Waals surface area contributed by atoms with Crippen LogP contribution in [0.4, 0.5) is 11.4 Å². The first-order chi connectivity index (χ1) is 9.54. The fourth-order valence-electron chi connectivity index (χ4n) is 2.99. The normalized spacial score (nSPS) is 24.8. The van der Waals surface area contributed by atoms with Crippen molar-refractivity contribution in [2.75, 3.05) is 18.0 Å². The number of nitro benzene ring substituents is 1. The van der Waals surface area contributed by atoms with Crippen molar-refractivity contribution in [2.24, 2.45) is 0 Å². The Morgan fingerprint density at radius 2 is 2.00 bits per heavy atom. The summed E-state index contributed by atoms with van der Waals surface area (Å²) in [4.78, 5) is 24.2. The van der Waals surface area contributed by atoms with Gasteiger partial charge in [0, 0.05) is 24.8 Å². The molecule has 20 heavy (non-hydrogen) atoms. The van der Waals surface area contributed by atoms with E-state index in [1.807, 2.05) is 0 Å². The zero-order valence-electron chi connectivity index (χ0n) is 11.2. The second-order valence-corrected chi connectivity index (χ2v) is 5.38. The Kier molecular flexibility index (Phi) is 3.17. The van der Waals surface area contributed by atoms with Crippen molar-refractivity contribution in [2.45, 2.75) is 32.0 Å². The summed E-state index contributed by atoms with van der Waals surface area (Å²) in [6.45, 7) is 2.92. The molecule has 0 saturated carbocycles. The quantitative estimate of drug-likeness (QED) is 0.480. The van der Waals surface area contributed by atoms with Gasteiger partial charge < -0.3 is 9.64 Å². The number of benzene rings is 1. The topological polar surface area (TPSA) is 72.7 Å². The molecule has 2 aliphatic heterocycles. The monoisotopic (exact) mass is 276 g/mol. The van der Waals surface area contributed by atoms with Crippen molar-refractivity contribution in [3.63, 3.8) is 0 Å². The van der Waals surface area contributed by atoms with Crippen molar-refractivity contribution in [3.8, 4) is 0 Å². The Labute approximate surface area is 116 Å². The fraction of sp³-hybridized carbons (Fsp3) is 0.500. The van der Waals surface area contributed by atoms with Crippen molar-refractivity contribution in [1.82, 2.24) is 0 Å². The molecule has 1 aromatic carbocycles. The summed E-state index contributed by atoms with van der Waals surface area (Å²) < 4.78 is 5.77. The van der Waals surface area contributed by atoms with E-state index in [4.69, 9.17) is 4.74 Å². The lowest BCUT2D eigenvalue weighted by molar-refractivity contribution is -0.385. The predicted octanol–water partition coefficient (Wildman–Crippen LogP) is 2.17. The lowest BCUT2D eigenvalue weighted by Crippen LogP contribution is -2.42. The third-order valence-electron chi connectivity index (χ3n) is 3.96. The van der Waals surface area contributed by atoms with Crippen LogP contribution >= 0.6 is 0 Å². The van der Waals surface area contributed by atoms with E-state index in [-0.39, 0.29) is 29.2 Å². The highest BCUT2D eigenvalue weighted by atomic mass is 16.6. The number of carbonyl (C=O) groups excluding carboxylic acids is 1. The second kappa shape index (κ2) is 4.86. The van der Waals surface area contributed by atoms with Gasteiger partial charge in [-0.3, -0.25) is 14.9 Å². The van der Waals surface area contributed by atoms with Crippen LogP contribution in [-0.2, 0) is 4.74 Å². The largest absolute Gasteiger partial charge is 0.371 e. The molecule has 2 atom stereocenters. The zero-order chi connectivity index (χ0) is 14.3. The first-order valence-corrected chi connectivity index (χ1v) is 6.74. The standard InChI is InChI=1S/C14H16N2O4/c1-9(17)13-6-10(2-5-14(13)16(18)19)15-7-11-3-4-12(8-15)20-11/h2,5-6,11-12H,3-4,7-8H2,1H3. The van der Waals surface area contributed by atoms with Gasteiger partial charge in [-0.25, -0.2) is 0 Å². The van der Waals surface area contributed by atoms with E-state index in [0.717, 1.165) is 31.6 Å². The van der Waals surface area contributed by atoms with Crippen LogP contribution < -0.4 is 4.90 Å². The minimum absolute atomic E-state index is 0.127. The minimum Gasteiger partial charge on any atom is -0.371 e. The van der Waals surface area contributed by atoms with E-state index in [1.54, 1.807) is 12.1 Å². The predicted molar refractivity (Wildman–Crippen MR) is 73.2 cm³/mol. The van der Waals surface area contributed by atoms with Gasteiger partial charge in [0.1, 0.15) is 0 Å². The summed E-state index contributed by atoms with van der Waals surface area (Å²) >= 11 is 0. The molecular formula is C14H16N2O4. The van der Waals surface area contributed by atoms with Crippen LogP contribution in [0.3, 0.4) is 0 Å². The first kappa shape index (κ1) is 13.1. The number of carbonyl (C=O) groups is 1. The number of ketones is 1. The number of ether oxygens (including phenoxy) is 1. The van der Waals surface area contributed by atoms with Crippen LogP contribution in [-0.4, -0.2) is 36.0 Å². The molecule has 2 fully saturated rings. The fourth-order valence-corrected chi connectivity index (χ4v) is 2.99. The number of hydrogen-bond donors (Lipinski definition) is 0. The molecule has 2 bridgehead atoms. The summed E-state index contributed by atoms with van der Waals surface area (Å²) in [5.41, 5.74) is 0.907. The Bertz CT molecular complexity index is 560. The minimum atomic E-state index is -0.510. The average molecular weight is 276 g/mol. The molecule has 3 rings (SSSR count). The second-order valence-electron chi connectivity index (χ2n) is 5.38.